The smallest absolute Gasteiger partial charge is 0.210 e. The van der Waals surface area contributed by atoms with Gasteiger partial charge in [0.2, 0.25) is 19.7 Å². The molecule has 140 valence electrons. The van der Waals surface area contributed by atoms with E-state index in [4.69, 9.17) is 0 Å². The van der Waals surface area contributed by atoms with Crippen LogP contribution in [0.3, 0.4) is 0 Å². The molecule has 0 heterocycles. The zero-order chi connectivity index (χ0) is 19.8. The first kappa shape index (κ1) is 19.6. The van der Waals surface area contributed by atoms with Crippen molar-refractivity contribution in [2.45, 2.75) is 26.5 Å². The molecule has 0 fully saturated rings. The number of halogens is 1. The summed E-state index contributed by atoms with van der Waals surface area (Å²) >= 11 is 3.25. The molecule has 0 aromatic heterocycles. The Morgan fingerprint density at radius 3 is 1.85 bits per heavy atom. The van der Waals surface area contributed by atoms with Crippen LogP contribution in [0.1, 0.15) is 5.56 Å². The lowest BCUT2D eigenvalue weighted by Gasteiger charge is -2.13. The van der Waals surface area contributed by atoms with Crippen LogP contribution in [-0.2, 0) is 19.7 Å². The molecule has 0 unspecified atom stereocenters. The van der Waals surface area contributed by atoms with Crippen molar-refractivity contribution in [1.29, 1.82) is 0 Å². The highest BCUT2D eigenvalue weighted by Gasteiger charge is 2.27. The minimum atomic E-state index is -4.08. The number of benzene rings is 3. The highest BCUT2D eigenvalue weighted by Crippen LogP contribution is 2.35. The van der Waals surface area contributed by atoms with E-state index in [1.807, 2.05) is 0 Å². The van der Waals surface area contributed by atoms with Crippen molar-refractivity contribution >= 4 is 35.6 Å². The van der Waals surface area contributed by atoms with E-state index < -0.39 is 30.3 Å². The van der Waals surface area contributed by atoms with E-state index in [1.165, 1.54) is 31.2 Å². The van der Waals surface area contributed by atoms with Gasteiger partial charge in [-0.3, -0.25) is 0 Å². The number of aryl methyl sites for hydroxylation is 1. The molecule has 27 heavy (non-hydrogen) atoms. The fourth-order valence-electron chi connectivity index (χ4n) is 2.63. The molecule has 0 aliphatic carbocycles. The minimum Gasteiger partial charge on any atom is -0.507 e. The fraction of sp³-hybridized carbons (Fsp3) is 0.0526. The molecular weight excluding hydrogens is 452 g/mol. The number of hydrogen-bond donors (Lipinski definition) is 1. The first-order chi connectivity index (χ1) is 12.6. The lowest BCUT2D eigenvalue weighted by Crippen LogP contribution is -2.08. The molecule has 8 heteroatoms. The van der Waals surface area contributed by atoms with E-state index in [0.717, 1.165) is 16.6 Å². The van der Waals surface area contributed by atoms with Crippen molar-refractivity contribution in [1.82, 2.24) is 0 Å². The Morgan fingerprint density at radius 1 is 0.741 bits per heavy atom. The molecule has 0 radical (unpaired) electrons. The third-order valence-electron chi connectivity index (χ3n) is 4.01. The quantitative estimate of drug-likeness (QED) is 0.624. The van der Waals surface area contributed by atoms with Crippen LogP contribution in [-0.4, -0.2) is 21.9 Å². The molecule has 0 bridgehead atoms. The number of phenols is 1. The van der Waals surface area contributed by atoms with Crippen molar-refractivity contribution in [3.05, 3.63) is 76.8 Å². The number of aromatic hydroxyl groups is 1. The molecule has 0 saturated heterocycles. The number of sulfone groups is 2. The van der Waals surface area contributed by atoms with Gasteiger partial charge < -0.3 is 5.11 Å². The predicted molar refractivity (Wildman–Crippen MR) is 104 cm³/mol. The second kappa shape index (κ2) is 7.10. The highest BCUT2D eigenvalue weighted by molar-refractivity contribution is 9.10. The largest absolute Gasteiger partial charge is 0.507 e. The molecule has 0 aliphatic heterocycles. The summed E-state index contributed by atoms with van der Waals surface area (Å²) < 4.78 is 52.5. The fourth-order valence-corrected chi connectivity index (χ4v) is 5.85. The molecule has 0 atom stereocenters. The molecule has 0 aliphatic rings. The van der Waals surface area contributed by atoms with E-state index in [2.05, 4.69) is 15.9 Å². The van der Waals surface area contributed by atoms with Crippen LogP contribution < -0.4 is 0 Å². The number of hydrogen-bond acceptors (Lipinski definition) is 5. The predicted octanol–water partition coefficient (Wildman–Crippen LogP) is 4.13. The average molecular weight is 467 g/mol. The zero-order valence-corrected chi connectivity index (χ0v) is 17.3. The van der Waals surface area contributed by atoms with Crippen LogP contribution >= 0.6 is 15.9 Å². The van der Waals surface area contributed by atoms with Crippen LogP contribution in [0.5, 0.6) is 5.75 Å². The molecular formula is C19H15BrO5S2. The van der Waals surface area contributed by atoms with E-state index in [0.29, 0.717) is 0 Å². The molecule has 0 spiro atoms. The van der Waals surface area contributed by atoms with Gasteiger partial charge in [0.25, 0.3) is 0 Å². The number of rotatable bonds is 4. The Bertz CT molecular complexity index is 1200. The lowest BCUT2D eigenvalue weighted by atomic mass is 10.2. The minimum absolute atomic E-state index is 0.0301. The van der Waals surface area contributed by atoms with E-state index in [-0.39, 0.29) is 20.2 Å². The average Bonchev–Trinajstić information content (AvgIpc) is 2.62. The first-order valence-corrected chi connectivity index (χ1v) is 11.5. The van der Waals surface area contributed by atoms with Crippen LogP contribution in [0.2, 0.25) is 0 Å². The zero-order valence-electron chi connectivity index (χ0n) is 14.1. The van der Waals surface area contributed by atoms with Gasteiger partial charge in [-0.2, -0.15) is 0 Å². The second-order valence-corrected chi connectivity index (χ2v) is 10.6. The third kappa shape index (κ3) is 3.65. The summed E-state index contributed by atoms with van der Waals surface area (Å²) in [6.07, 6.45) is 0. The molecule has 3 rings (SSSR count). The summed E-state index contributed by atoms with van der Waals surface area (Å²) in [5.74, 6) is -0.494. The summed E-state index contributed by atoms with van der Waals surface area (Å²) in [4.78, 5) is -0.620. The Balaban J connectivity index is 2.23. The lowest BCUT2D eigenvalue weighted by molar-refractivity contribution is 0.457. The highest BCUT2D eigenvalue weighted by atomic mass is 79.9. The molecule has 1 N–H and O–H groups in total. The summed E-state index contributed by atoms with van der Waals surface area (Å²) in [6, 6.07) is 15.7. The topological polar surface area (TPSA) is 88.5 Å². The Kier molecular flexibility index (Phi) is 5.16. The van der Waals surface area contributed by atoms with Gasteiger partial charge >= 0.3 is 0 Å². The van der Waals surface area contributed by atoms with Gasteiger partial charge in [-0.15, -0.1) is 0 Å². The maximum Gasteiger partial charge on any atom is 0.210 e. The van der Waals surface area contributed by atoms with Crippen molar-refractivity contribution < 1.29 is 21.9 Å². The summed E-state index contributed by atoms with van der Waals surface area (Å²) in [5, 5.41) is 10.2. The van der Waals surface area contributed by atoms with Gasteiger partial charge in [-0.25, -0.2) is 16.8 Å². The first-order valence-electron chi connectivity index (χ1n) is 7.78. The van der Waals surface area contributed by atoms with Crippen molar-refractivity contribution in [2.75, 3.05) is 0 Å². The van der Waals surface area contributed by atoms with Gasteiger partial charge in [0.15, 0.2) is 0 Å². The monoisotopic (exact) mass is 466 g/mol. The summed E-state index contributed by atoms with van der Waals surface area (Å²) in [5.41, 5.74) is 0.252. The van der Waals surface area contributed by atoms with Crippen molar-refractivity contribution in [3.63, 3.8) is 0 Å². The van der Waals surface area contributed by atoms with E-state index in [9.17, 15) is 21.9 Å². The summed E-state index contributed by atoms with van der Waals surface area (Å²) in [6.45, 7) is 1.50. The second-order valence-electron chi connectivity index (χ2n) is 5.86. The van der Waals surface area contributed by atoms with Crippen LogP contribution in [0.4, 0.5) is 0 Å². The van der Waals surface area contributed by atoms with Crippen LogP contribution in [0.25, 0.3) is 0 Å². The van der Waals surface area contributed by atoms with Gasteiger partial charge in [-0.1, -0.05) is 34.1 Å². The standard InChI is InChI=1S/C19H15BrO5S2/c1-13-11-17(21)19(27(24,25)15-5-3-2-4-6-15)12-18(13)26(22,23)16-9-7-14(20)8-10-16/h2-12,21H,1H3. The van der Waals surface area contributed by atoms with E-state index >= 15 is 0 Å². The SMILES string of the molecule is Cc1cc(O)c(S(=O)(=O)c2ccccc2)cc1S(=O)(=O)c1ccc(Br)cc1. The Morgan fingerprint density at radius 2 is 1.26 bits per heavy atom. The molecule has 3 aromatic carbocycles. The van der Waals surface area contributed by atoms with E-state index in [1.54, 1.807) is 30.3 Å². The van der Waals surface area contributed by atoms with Crippen molar-refractivity contribution in [3.8, 4) is 5.75 Å². The molecule has 3 aromatic rings. The number of phenolic OH excluding ortho intramolecular Hbond substituents is 1. The Labute approximate surface area is 166 Å². The maximum absolute atomic E-state index is 13.0. The van der Waals surface area contributed by atoms with Crippen molar-refractivity contribution in [2.24, 2.45) is 0 Å². The van der Waals surface area contributed by atoms with Gasteiger partial charge in [0.1, 0.15) is 10.6 Å². The molecule has 5 nitrogen and oxygen atoms in total. The summed E-state index contributed by atoms with van der Waals surface area (Å²) in [7, 11) is -8.04. The van der Waals surface area contributed by atoms with Crippen LogP contribution in [0, 0.1) is 6.92 Å². The van der Waals surface area contributed by atoms with Gasteiger partial charge in [-0.05, 0) is 61.0 Å². The third-order valence-corrected chi connectivity index (χ3v) is 8.25. The van der Waals surface area contributed by atoms with Gasteiger partial charge in [0, 0.05) is 4.47 Å². The maximum atomic E-state index is 13.0. The molecule has 0 amide bonds. The van der Waals surface area contributed by atoms with Gasteiger partial charge in [0.05, 0.1) is 14.7 Å². The normalized spacial score (nSPS) is 12.1. The molecule has 0 saturated carbocycles. The Hall–Kier alpha value is -2.16. The van der Waals surface area contributed by atoms with Crippen LogP contribution in [0.15, 0.2) is 90.8 Å².